The molecule has 1 unspecified atom stereocenters. The first kappa shape index (κ1) is 18.5. The van der Waals surface area contributed by atoms with E-state index in [1.54, 1.807) is 0 Å². The van der Waals surface area contributed by atoms with Crippen molar-refractivity contribution in [2.45, 2.75) is 6.17 Å². The van der Waals surface area contributed by atoms with Gasteiger partial charge < -0.3 is 15.6 Å². The minimum Gasteiger partial charge on any atom is -0.398 e. The number of nitrogens with one attached hydrogen (secondary N) is 1. The number of para-hydroxylation sites is 1. The number of anilines is 1. The Morgan fingerprint density at radius 3 is 2.22 bits per heavy atom. The summed E-state index contributed by atoms with van der Waals surface area (Å²) in [6, 6.07) is 32.0. The van der Waals surface area contributed by atoms with E-state index in [1.807, 2.05) is 30.5 Å². The first-order valence-corrected chi connectivity index (χ1v) is 10.9. The largest absolute Gasteiger partial charge is 0.398 e. The van der Waals surface area contributed by atoms with Gasteiger partial charge in [0.2, 0.25) is 0 Å². The van der Waals surface area contributed by atoms with Crippen LogP contribution < -0.4 is 11.1 Å². The van der Waals surface area contributed by atoms with E-state index >= 15 is 0 Å². The van der Waals surface area contributed by atoms with Crippen molar-refractivity contribution in [1.29, 1.82) is 0 Å². The van der Waals surface area contributed by atoms with Crippen LogP contribution in [0.25, 0.3) is 44.1 Å². The van der Waals surface area contributed by atoms with Crippen LogP contribution in [-0.4, -0.2) is 4.57 Å². The smallest absolute Gasteiger partial charge is 0.123 e. The summed E-state index contributed by atoms with van der Waals surface area (Å²) in [6.07, 6.45) is 8.38. The number of nitrogens with two attached hydrogens (primary N) is 1. The van der Waals surface area contributed by atoms with Crippen molar-refractivity contribution in [1.82, 2.24) is 9.88 Å². The molecule has 0 saturated heterocycles. The standard InChI is InChI=1S/C29H23N3/c30-26-19-22(13-15-23(26)20-8-2-1-3-9-20)21-14-16-28-25(18-21)24-10-4-5-11-27(24)32(28)29-12-6-7-17-31-29/h1-19,29,31H,30H2. The van der Waals surface area contributed by atoms with Crippen molar-refractivity contribution in [3.8, 4) is 22.3 Å². The Morgan fingerprint density at radius 1 is 0.656 bits per heavy atom. The van der Waals surface area contributed by atoms with Gasteiger partial charge in [-0.2, -0.15) is 0 Å². The average molecular weight is 414 g/mol. The normalized spacial score (nSPS) is 15.3. The molecule has 3 heteroatoms. The molecule has 1 aliphatic rings. The van der Waals surface area contributed by atoms with Crippen molar-refractivity contribution in [2.75, 3.05) is 5.73 Å². The Kier molecular flexibility index (Phi) is 4.32. The molecule has 0 aliphatic carbocycles. The topological polar surface area (TPSA) is 43.0 Å². The van der Waals surface area contributed by atoms with Crippen molar-refractivity contribution < 1.29 is 0 Å². The van der Waals surface area contributed by atoms with Crippen molar-refractivity contribution in [2.24, 2.45) is 0 Å². The number of allylic oxidation sites excluding steroid dienone is 2. The number of nitrogen functional groups attached to an aromatic ring is 1. The van der Waals surface area contributed by atoms with Gasteiger partial charge in [-0.25, -0.2) is 0 Å². The first-order chi connectivity index (χ1) is 15.8. The minimum absolute atomic E-state index is 0.0917. The quantitative estimate of drug-likeness (QED) is 0.317. The Bertz CT molecular complexity index is 1510. The maximum atomic E-state index is 6.47. The number of dihydropyridines is 1. The Balaban J connectivity index is 1.49. The second-order valence-electron chi connectivity index (χ2n) is 8.14. The van der Waals surface area contributed by atoms with Gasteiger partial charge in [-0.3, -0.25) is 0 Å². The molecule has 1 atom stereocenters. The van der Waals surface area contributed by atoms with Gasteiger partial charge in [-0.05, 0) is 59.3 Å². The van der Waals surface area contributed by atoms with Gasteiger partial charge in [0.05, 0.1) is 11.0 Å². The molecule has 1 aliphatic heterocycles. The average Bonchev–Trinajstić information content (AvgIpc) is 3.19. The lowest BCUT2D eigenvalue weighted by molar-refractivity contribution is 0.578. The molecule has 6 rings (SSSR count). The summed E-state index contributed by atoms with van der Waals surface area (Å²) in [4.78, 5) is 0. The highest BCUT2D eigenvalue weighted by Crippen LogP contribution is 2.36. The first-order valence-electron chi connectivity index (χ1n) is 10.9. The Labute approximate surface area is 187 Å². The van der Waals surface area contributed by atoms with Crippen LogP contribution in [0.3, 0.4) is 0 Å². The molecule has 154 valence electrons. The molecule has 3 nitrogen and oxygen atoms in total. The van der Waals surface area contributed by atoms with E-state index in [0.717, 1.165) is 22.4 Å². The fourth-order valence-electron chi connectivity index (χ4n) is 4.70. The summed E-state index contributed by atoms with van der Waals surface area (Å²) in [7, 11) is 0. The second kappa shape index (κ2) is 7.47. The SMILES string of the molecule is Nc1cc(-c2ccc3c(c2)c2ccccc2n3C2C=CC=CN2)ccc1-c1ccccc1. The lowest BCUT2D eigenvalue weighted by Crippen LogP contribution is -2.21. The maximum Gasteiger partial charge on any atom is 0.123 e. The molecule has 0 bridgehead atoms. The van der Waals surface area contributed by atoms with Gasteiger partial charge in [0.15, 0.2) is 0 Å². The molecule has 4 aromatic carbocycles. The van der Waals surface area contributed by atoms with E-state index in [-0.39, 0.29) is 6.17 Å². The Hall–Kier alpha value is -4.24. The van der Waals surface area contributed by atoms with Crippen LogP contribution in [0, 0.1) is 0 Å². The van der Waals surface area contributed by atoms with Crippen LogP contribution in [0.4, 0.5) is 5.69 Å². The van der Waals surface area contributed by atoms with Gasteiger partial charge in [-0.1, -0.05) is 72.8 Å². The summed E-state index contributed by atoms with van der Waals surface area (Å²) >= 11 is 0. The predicted octanol–water partition coefficient (Wildman–Crippen LogP) is 6.88. The summed E-state index contributed by atoms with van der Waals surface area (Å²) in [6.45, 7) is 0. The van der Waals surface area contributed by atoms with E-state index in [4.69, 9.17) is 5.73 Å². The molecule has 0 fully saturated rings. The highest BCUT2D eigenvalue weighted by molar-refractivity contribution is 6.09. The third-order valence-electron chi connectivity index (χ3n) is 6.23. The van der Waals surface area contributed by atoms with Crippen LogP contribution in [0.5, 0.6) is 0 Å². The summed E-state index contributed by atoms with van der Waals surface area (Å²) in [5.41, 5.74) is 14.2. The number of hydrogen-bond donors (Lipinski definition) is 2. The summed E-state index contributed by atoms with van der Waals surface area (Å²) in [5, 5.41) is 5.96. The van der Waals surface area contributed by atoms with Gasteiger partial charge >= 0.3 is 0 Å². The zero-order chi connectivity index (χ0) is 21.5. The third kappa shape index (κ3) is 2.98. The molecule has 3 N–H and O–H groups in total. The number of fused-ring (bicyclic) bond motifs is 3. The van der Waals surface area contributed by atoms with Gasteiger partial charge in [-0.15, -0.1) is 0 Å². The molecular formula is C29H23N3. The number of rotatable bonds is 3. The van der Waals surface area contributed by atoms with Crippen LogP contribution in [0.15, 0.2) is 115 Å². The monoisotopic (exact) mass is 413 g/mol. The fourth-order valence-corrected chi connectivity index (χ4v) is 4.70. The van der Waals surface area contributed by atoms with Crippen molar-refractivity contribution >= 4 is 27.5 Å². The number of benzene rings is 4. The second-order valence-corrected chi connectivity index (χ2v) is 8.14. The molecule has 0 saturated carbocycles. The molecular weight excluding hydrogens is 390 g/mol. The number of nitrogens with zero attached hydrogens (tertiary/aromatic N) is 1. The molecule has 0 spiro atoms. The van der Waals surface area contributed by atoms with Crippen molar-refractivity contribution in [3.63, 3.8) is 0 Å². The van der Waals surface area contributed by atoms with E-state index in [0.29, 0.717) is 0 Å². The van der Waals surface area contributed by atoms with E-state index in [1.165, 1.54) is 27.4 Å². The van der Waals surface area contributed by atoms with Crippen molar-refractivity contribution in [3.05, 3.63) is 115 Å². The van der Waals surface area contributed by atoms with Gasteiger partial charge in [0.25, 0.3) is 0 Å². The van der Waals surface area contributed by atoms with Crippen LogP contribution in [0.1, 0.15) is 6.17 Å². The summed E-state index contributed by atoms with van der Waals surface area (Å²) in [5.74, 6) is 0. The molecule has 0 amide bonds. The zero-order valence-electron chi connectivity index (χ0n) is 17.6. The third-order valence-corrected chi connectivity index (χ3v) is 6.23. The Morgan fingerprint density at radius 2 is 1.41 bits per heavy atom. The minimum atomic E-state index is 0.0917. The zero-order valence-corrected chi connectivity index (χ0v) is 17.6. The van der Waals surface area contributed by atoms with Crippen LogP contribution in [-0.2, 0) is 0 Å². The molecule has 2 heterocycles. The predicted molar refractivity (Wildman–Crippen MR) is 135 cm³/mol. The van der Waals surface area contributed by atoms with Crippen LogP contribution >= 0.6 is 0 Å². The lowest BCUT2D eigenvalue weighted by atomic mass is 9.97. The lowest BCUT2D eigenvalue weighted by Gasteiger charge is -2.20. The molecule has 32 heavy (non-hydrogen) atoms. The highest BCUT2D eigenvalue weighted by Gasteiger charge is 2.17. The number of hydrogen-bond acceptors (Lipinski definition) is 2. The van der Waals surface area contributed by atoms with Gasteiger partial charge in [0.1, 0.15) is 6.17 Å². The maximum absolute atomic E-state index is 6.47. The molecule has 0 radical (unpaired) electrons. The molecule has 5 aromatic rings. The van der Waals surface area contributed by atoms with E-state index in [2.05, 4.69) is 94.8 Å². The highest BCUT2D eigenvalue weighted by atomic mass is 15.2. The van der Waals surface area contributed by atoms with E-state index in [9.17, 15) is 0 Å². The molecule has 1 aromatic heterocycles. The number of aromatic nitrogens is 1. The van der Waals surface area contributed by atoms with Crippen LogP contribution in [0.2, 0.25) is 0 Å². The van der Waals surface area contributed by atoms with Gasteiger partial charge in [0, 0.05) is 22.0 Å². The summed E-state index contributed by atoms with van der Waals surface area (Å²) < 4.78 is 2.36. The van der Waals surface area contributed by atoms with E-state index < -0.39 is 0 Å². The fraction of sp³-hybridized carbons (Fsp3) is 0.0345.